The van der Waals surface area contributed by atoms with Gasteiger partial charge < -0.3 is 25.6 Å². The lowest BCUT2D eigenvalue weighted by Crippen LogP contribution is -2.35. The van der Waals surface area contributed by atoms with Crippen LogP contribution in [0.1, 0.15) is 74.0 Å². The summed E-state index contributed by atoms with van der Waals surface area (Å²) >= 11 is 0. The summed E-state index contributed by atoms with van der Waals surface area (Å²) < 4.78 is 25.6. The summed E-state index contributed by atoms with van der Waals surface area (Å²) in [5.74, 6) is 0.855. The molecule has 7 nitrogen and oxygen atoms in total. The number of nitrogens with one attached hydrogen (secondary N) is 1. The third-order valence-corrected chi connectivity index (χ3v) is 7.68. The Labute approximate surface area is 227 Å². The van der Waals surface area contributed by atoms with E-state index in [1.807, 2.05) is 19.1 Å². The van der Waals surface area contributed by atoms with E-state index >= 15 is 0 Å². The van der Waals surface area contributed by atoms with Gasteiger partial charge in [0.25, 0.3) is 0 Å². The smallest absolute Gasteiger partial charge is 0.163 e. The van der Waals surface area contributed by atoms with E-state index in [1.165, 1.54) is 12.1 Å². The minimum atomic E-state index is -1.40. The zero-order valence-corrected chi connectivity index (χ0v) is 22.3. The Balaban J connectivity index is 1.24. The maximum absolute atomic E-state index is 13.6. The lowest BCUT2D eigenvalue weighted by Gasteiger charge is -2.26. The van der Waals surface area contributed by atoms with Crippen LogP contribution < -0.4 is 20.5 Å². The lowest BCUT2D eigenvalue weighted by atomic mass is 9.88. The topological polar surface area (TPSA) is 107 Å². The molecule has 6 rings (SSSR count). The number of carbonyl (C=O) groups is 1. The zero-order chi connectivity index (χ0) is 27.4. The van der Waals surface area contributed by atoms with Crippen LogP contribution in [-0.4, -0.2) is 34.6 Å². The van der Waals surface area contributed by atoms with Crippen LogP contribution in [0.25, 0.3) is 11.3 Å². The number of ether oxygens (including phenoxy) is 2. The van der Waals surface area contributed by atoms with Crippen LogP contribution in [0.15, 0.2) is 48.5 Å². The third kappa shape index (κ3) is 5.49. The molecule has 3 aliphatic rings. The van der Waals surface area contributed by atoms with Crippen molar-refractivity contribution in [1.82, 2.24) is 4.98 Å². The van der Waals surface area contributed by atoms with Crippen LogP contribution in [0, 0.1) is 5.82 Å². The highest BCUT2D eigenvalue weighted by Crippen LogP contribution is 2.42. The Morgan fingerprint density at radius 1 is 1.10 bits per heavy atom. The summed E-state index contributed by atoms with van der Waals surface area (Å²) in [5.41, 5.74) is 8.34. The Morgan fingerprint density at radius 2 is 1.77 bits per heavy atom. The van der Waals surface area contributed by atoms with Gasteiger partial charge in [0.1, 0.15) is 11.4 Å². The number of nitrogens with zero attached hydrogens (tertiary/aromatic N) is 1. The first-order valence-corrected chi connectivity index (χ1v) is 13.7. The second-order valence-corrected chi connectivity index (χ2v) is 11.5. The van der Waals surface area contributed by atoms with E-state index in [0.717, 1.165) is 36.9 Å². The van der Waals surface area contributed by atoms with Gasteiger partial charge in [0.15, 0.2) is 17.3 Å². The van der Waals surface area contributed by atoms with Gasteiger partial charge in [-0.2, -0.15) is 0 Å². The van der Waals surface area contributed by atoms with Gasteiger partial charge in [0.2, 0.25) is 0 Å². The number of nitrogens with two attached hydrogens (primary N) is 1. The molecule has 4 N–H and O–H groups in total. The van der Waals surface area contributed by atoms with E-state index in [1.54, 1.807) is 31.2 Å². The van der Waals surface area contributed by atoms with Gasteiger partial charge in [-0.25, -0.2) is 9.37 Å². The highest BCUT2D eigenvalue weighted by molar-refractivity contribution is 5.96. The molecule has 0 radical (unpaired) electrons. The van der Waals surface area contributed by atoms with Gasteiger partial charge >= 0.3 is 0 Å². The van der Waals surface area contributed by atoms with Crippen LogP contribution in [-0.2, 0) is 11.1 Å². The number of Topliss-reactive ketones (excluding diaryl/α,β-unsaturated/α-hetero) is 1. The Hall–Kier alpha value is -3.49. The number of benzene rings is 2. The van der Waals surface area contributed by atoms with Crippen LogP contribution >= 0.6 is 0 Å². The summed E-state index contributed by atoms with van der Waals surface area (Å²) in [5, 5.41) is 14.9. The third-order valence-electron chi connectivity index (χ3n) is 7.68. The maximum Gasteiger partial charge on any atom is 0.163 e. The molecule has 1 aromatic heterocycles. The largest absolute Gasteiger partial charge is 0.487 e. The molecule has 2 aliphatic carbocycles. The first-order valence-electron chi connectivity index (χ1n) is 13.7. The summed E-state index contributed by atoms with van der Waals surface area (Å²) in [6, 6.07) is 13.2. The van der Waals surface area contributed by atoms with Crippen molar-refractivity contribution in [1.29, 1.82) is 0 Å². The predicted octanol–water partition coefficient (Wildman–Crippen LogP) is 5.44. The minimum absolute atomic E-state index is 0.0980. The minimum Gasteiger partial charge on any atom is -0.487 e. The second-order valence-electron chi connectivity index (χ2n) is 11.5. The summed E-state index contributed by atoms with van der Waals surface area (Å²) in [7, 11) is 0. The number of hydrogen-bond donors (Lipinski definition) is 3. The Morgan fingerprint density at radius 3 is 2.44 bits per heavy atom. The zero-order valence-electron chi connectivity index (χ0n) is 22.3. The lowest BCUT2D eigenvalue weighted by molar-refractivity contribution is 0.0397. The first-order chi connectivity index (χ1) is 18.6. The van der Waals surface area contributed by atoms with E-state index in [0.29, 0.717) is 40.6 Å². The molecule has 0 amide bonds. The van der Waals surface area contributed by atoms with Gasteiger partial charge in [-0.1, -0.05) is 0 Å². The average Bonchev–Trinajstić information content (AvgIpc) is 3.84. The molecule has 0 unspecified atom stereocenters. The number of aromatic nitrogens is 1. The van der Waals surface area contributed by atoms with Gasteiger partial charge in [0.05, 0.1) is 34.8 Å². The van der Waals surface area contributed by atoms with Crippen molar-refractivity contribution in [3.05, 3.63) is 71.2 Å². The van der Waals surface area contributed by atoms with Crippen LogP contribution in [0.2, 0.25) is 0 Å². The monoisotopic (exact) mass is 531 g/mol. The fourth-order valence-electron chi connectivity index (χ4n) is 4.87. The van der Waals surface area contributed by atoms with Crippen molar-refractivity contribution >= 4 is 11.5 Å². The molecular formula is C31H34FN3O4. The van der Waals surface area contributed by atoms with E-state index in [2.05, 4.69) is 5.32 Å². The molecule has 2 heterocycles. The molecule has 0 spiro atoms. The number of carbonyl (C=O) groups excluding carboxylic acids is 1. The predicted molar refractivity (Wildman–Crippen MR) is 147 cm³/mol. The standard InChI is InChI=1S/C31H34FN3O4/c1-30(33)17-34-29-23(30)16-27(35-28(29)18-3-6-20(32)7-4-18)31(2,37)14-13-24(36)19-5-12-25(38-21-8-9-21)26(15-19)39-22-10-11-22/h3-7,12,15-16,21-22,34,37H,8-11,13-14,17,33H2,1-2H3/t30-,31-/m1/s1. The first kappa shape index (κ1) is 25.8. The highest BCUT2D eigenvalue weighted by atomic mass is 19.1. The normalized spacial score (nSPS) is 21.6. The van der Waals surface area contributed by atoms with E-state index in [-0.39, 0.29) is 36.7 Å². The number of halogens is 1. The Kier molecular flexibility index (Phi) is 6.35. The molecular weight excluding hydrogens is 497 g/mol. The van der Waals surface area contributed by atoms with Crippen molar-refractivity contribution in [3.63, 3.8) is 0 Å². The maximum atomic E-state index is 13.6. The quantitative estimate of drug-likeness (QED) is 0.299. The number of aliphatic hydroxyl groups is 1. The summed E-state index contributed by atoms with van der Waals surface area (Å²) in [4.78, 5) is 18.0. The molecule has 204 valence electrons. The van der Waals surface area contributed by atoms with Crippen molar-refractivity contribution in [3.8, 4) is 22.8 Å². The number of pyridine rings is 1. The molecule has 2 atom stereocenters. The number of anilines is 1. The second kappa shape index (κ2) is 9.61. The number of hydrogen-bond acceptors (Lipinski definition) is 7. The highest BCUT2D eigenvalue weighted by Gasteiger charge is 2.37. The molecule has 0 bridgehead atoms. The van der Waals surface area contributed by atoms with E-state index < -0.39 is 11.1 Å². The summed E-state index contributed by atoms with van der Waals surface area (Å²) in [6.45, 7) is 4.09. The molecule has 1 aliphatic heterocycles. The van der Waals surface area contributed by atoms with Gasteiger partial charge in [-0.05, 0) is 94.5 Å². The van der Waals surface area contributed by atoms with E-state index in [9.17, 15) is 14.3 Å². The average molecular weight is 532 g/mol. The fraction of sp³-hybridized carbons (Fsp3) is 0.419. The van der Waals surface area contributed by atoms with Crippen LogP contribution in [0.3, 0.4) is 0 Å². The van der Waals surface area contributed by atoms with Crippen molar-refractivity contribution in [2.45, 2.75) is 75.7 Å². The van der Waals surface area contributed by atoms with Crippen molar-refractivity contribution in [2.75, 3.05) is 11.9 Å². The van der Waals surface area contributed by atoms with Crippen LogP contribution in [0.4, 0.5) is 10.1 Å². The van der Waals surface area contributed by atoms with Crippen molar-refractivity contribution < 1.29 is 23.8 Å². The molecule has 2 fully saturated rings. The van der Waals surface area contributed by atoms with Crippen molar-refractivity contribution in [2.24, 2.45) is 5.73 Å². The number of ketones is 1. The fourth-order valence-corrected chi connectivity index (χ4v) is 4.87. The SMILES string of the molecule is C[C@@]1(N)CNc2c1cc([C@](C)(O)CCC(=O)c1ccc(OC3CC3)c(OC3CC3)c1)nc2-c1ccc(F)cc1. The van der Waals surface area contributed by atoms with E-state index in [4.69, 9.17) is 20.2 Å². The van der Waals surface area contributed by atoms with Gasteiger partial charge in [-0.3, -0.25) is 4.79 Å². The molecule has 2 saturated carbocycles. The molecule has 3 aromatic rings. The molecule has 39 heavy (non-hydrogen) atoms. The van der Waals surface area contributed by atoms with Gasteiger partial charge in [0, 0.05) is 29.7 Å². The van der Waals surface area contributed by atoms with Gasteiger partial charge in [-0.15, -0.1) is 0 Å². The Bertz CT molecular complexity index is 1410. The number of fused-ring (bicyclic) bond motifs is 1. The molecule has 2 aromatic carbocycles. The summed E-state index contributed by atoms with van der Waals surface area (Å²) in [6.07, 6.45) is 4.78. The number of rotatable bonds is 10. The van der Waals surface area contributed by atoms with Crippen LogP contribution in [0.5, 0.6) is 11.5 Å². The molecule has 8 heteroatoms. The molecule has 0 saturated heterocycles.